The van der Waals surface area contributed by atoms with Crippen molar-refractivity contribution in [2.75, 3.05) is 19.6 Å². The Morgan fingerprint density at radius 1 is 1.19 bits per heavy atom. The summed E-state index contributed by atoms with van der Waals surface area (Å²) in [4.78, 5) is 24.7. The molecule has 4 aromatic rings. The number of hydrogen-bond acceptors (Lipinski definition) is 5. The fraction of sp³-hybridized carbons (Fsp3) is 0.250. The Kier molecular flexibility index (Phi) is 6.06. The lowest BCUT2D eigenvalue weighted by atomic mass is 10.1. The number of carbonyl (C=O) groups is 1. The number of thiophene rings is 1. The van der Waals surface area contributed by atoms with Crippen LogP contribution < -0.4 is 0 Å². The molecule has 1 unspecified atom stereocenters. The fourth-order valence-electron chi connectivity index (χ4n) is 4.29. The Hall–Kier alpha value is -2.58. The molecule has 1 aromatic carbocycles. The molecule has 0 amide bonds. The number of rotatable bonds is 6. The van der Waals surface area contributed by atoms with Gasteiger partial charge in [0.05, 0.1) is 10.4 Å². The van der Waals surface area contributed by atoms with E-state index in [1.807, 2.05) is 30.5 Å². The quantitative estimate of drug-likeness (QED) is 0.406. The molecule has 8 heteroatoms. The van der Waals surface area contributed by atoms with E-state index in [2.05, 4.69) is 25.8 Å². The molecule has 1 N–H and O–H groups in total. The topological polar surface area (TPSA) is 52.2 Å². The van der Waals surface area contributed by atoms with Crippen LogP contribution in [0.15, 0.2) is 54.9 Å². The van der Waals surface area contributed by atoms with Crippen LogP contribution in [-0.4, -0.2) is 51.7 Å². The van der Waals surface area contributed by atoms with Crippen LogP contribution in [0.5, 0.6) is 0 Å². The molecule has 0 bridgehead atoms. The number of benzene rings is 1. The van der Waals surface area contributed by atoms with Crippen LogP contribution >= 0.6 is 22.9 Å². The summed E-state index contributed by atoms with van der Waals surface area (Å²) in [7, 11) is 0. The Bertz CT molecular complexity index is 1220. The molecule has 0 aliphatic carbocycles. The van der Waals surface area contributed by atoms with E-state index in [-0.39, 0.29) is 11.9 Å². The van der Waals surface area contributed by atoms with E-state index in [4.69, 9.17) is 11.6 Å². The van der Waals surface area contributed by atoms with Gasteiger partial charge in [0.2, 0.25) is 0 Å². The number of nitrogens with one attached hydrogen (secondary N) is 1. The summed E-state index contributed by atoms with van der Waals surface area (Å²) in [5.74, 6) is -0.253. The normalized spacial score (nSPS) is 17.8. The van der Waals surface area contributed by atoms with E-state index in [0.717, 1.165) is 46.4 Å². The van der Waals surface area contributed by atoms with Crippen LogP contribution in [0.1, 0.15) is 11.3 Å². The predicted octanol–water partition coefficient (Wildman–Crippen LogP) is 4.97. The molecule has 4 heterocycles. The highest BCUT2D eigenvalue weighted by Crippen LogP contribution is 2.33. The molecule has 5 nitrogen and oxygen atoms in total. The van der Waals surface area contributed by atoms with E-state index < -0.39 is 0 Å². The highest BCUT2D eigenvalue weighted by Gasteiger charge is 2.27. The molecule has 0 spiro atoms. The maximum atomic E-state index is 14.4. The number of carbonyl (C=O) groups excluding carboxylic acids is 1. The van der Waals surface area contributed by atoms with E-state index in [0.29, 0.717) is 29.5 Å². The maximum absolute atomic E-state index is 14.4. The third-order valence-corrected chi connectivity index (χ3v) is 7.17. The SMILES string of the molecule is O=CC1CN(Cc2ccc(F)c(-c3ccc(Cl)s3)c2)CCN1Cc1cc2cnccc2[nH]1. The zero-order valence-corrected chi connectivity index (χ0v) is 18.9. The number of piperazine rings is 1. The third kappa shape index (κ3) is 4.47. The minimum Gasteiger partial charge on any atom is -0.357 e. The van der Waals surface area contributed by atoms with Gasteiger partial charge in [-0.3, -0.25) is 14.8 Å². The zero-order valence-electron chi connectivity index (χ0n) is 17.3. The highest BCUT2D eigenvalue weighted by molar-refractivity contribution is 7.19. The van der Waals surface area contributed by atoms with Gasteiger partial charge in [0.15, 0.2) is 0 Å². The van der Waals surface area contributed by atoms with Gasteiger partial charge in [-0.15, -0.1) is 11.3 Å². The van der Waals surface area contributed by atoms with Crippen LogP contribution in [0.4, 0.5) is 4.39 Å². The van der Waals surface area contributed by atoms with Crippen molar-refractivity contribution >= 4 is 40.1 Å². The molecular weight excluding hydrogens is 447 g/mol. The summed E-state index contributed by atoms with van der Waals surface area (Å²) in [6.07, 6.45) is 4.63. The van der Waals surface area contributed by atoms with Crippen molar-refractivity contribution in [3.05, 3.63) is 76.3 Å². The Balaban J connectivity index is 1.26. The Morgan fingerprint density at radius 3 is 2.88 bits per heavy atom. The van der Waals surface area contributed by atoms with Crippen molar-refractivity contribution in [1.82, 2.24) is 19.8 Å². The number of halogens is 2. The smallest absolute Gasteiger partial charge is 0.138 e. The van der Waals surface area contributed by atoms with Gasteiger partial charge in [0, 0.05) is 72.2 Å². The molecule has 32 heavy (non-hydrogen) atoms. The Morgan fingerprint density at radius 2 is 2.09 bits per heavy atom. The first kappa shape index (κ1) is 21.3. The highest BCUT2D eigenvalue weighted by atomic mass is 35.5. The zero-order chi connectivity index (χ0) is 22.1. The average Bonchev–Trinajstić information content (AvgIpc) is 3.41. The number of fused-ring (bicyclic) bond motifs is 1. The molecule has 1 atom stereocenters. The lowest BCUT2D eigenvalue weighted by molar-refractivity contribution is -0.115. The molecule has 1 aliphatic heterocycles. The first-order valence-electron chi connectivity index (χ1n) is 10.5. The van der Waals surface area contributed by atoms with Gasteiger partial charge in [0.1, 0.15) is 12.1 Å². The van der Waals surface area contributed by atoms with E-state index >= 15 is 0 Å². The molecule has 1 aliphatic rings. The van der Waals surface area contributed by atoms with Gasteiger partial charge in [0.25, 0.3) is 0 Å². The number of aromatic amines is 1. The average molecular weight is 469 g/mol. The number of pyridine rings is 1. The first-order chi connectivity index (χ1) is 15.6. The van der Waals surface area contributed by atoms with Gasteiger partial charge in [-0.25, -0.2) is 4.39 Å². The molecule has 164 valence electrons. The van der Waals surface area contributed by atoms with Gasteiger partial charge in [-0.2, -0.15) is 0 Å². The van der Waals surface area contributed by atoms with Gasteiger partial charge in [-0.05, 0) is 42.0 Å². The molecule has 0 radical (unpaired) electrons. The molecule has 5 rings (SSSR count). The first-order valence-corrected chi connectivity index (χ1v) is 11.7. The predicted molar refractivity (Wildman–Crippen MR) is 126 cm³/mol. The second kappa shape index (κ2) is 9.11. The summed E-state index contributed by atoms with van der Waals surface area (Å²) in [6, 6.07) is 12.7. The van der Waals surface area contributed by atoms with Crippen molar-refractivity contribution in [2.45, 2.75) is 19.1 Å². The summed E-state index contributed by atoms with van der Waals surface area (Å²) < 4.78 is 15.0. The second-order valence-corrected chi connectivity index (χ2v) is 9.80. The summed E-state index contributed by atoms with van der Waals surface area (Å²) in [6.45, 7) is 3.62. The monoisotopic (exact) mass is 468 g/mol. The minimum atomic E-state index is -0.253. The van der Waals surface area contributed by atoms with Crippen molar-refractivity contribution < 1.29 is 9.18 Å². The number of H-pyrrole nitrogens is 1. The second-order valence-electron chi connectivity index (χ2n) is 8.08. The number of nitrogens with zero attached hydrogens (tertiary/aromatic N) is 3. The molecule has 1 saturated heterocycles. The van der Waals surface area contributed by atoms with Gasteiger partial charge in [-0.1, -0.05) is 17.7 Å². The van der Waals surface area contributed by atoms with E-state index in [1.165, 1.54) is 17.4 Å². The standard InChI is InChI=1S/C24H22ClFN4OS/c25-24-4-3-23(32-24)20-9-16(1-2-21(20)26)12-29-7-8-30(19(14-29)15-31)13-18-10-17-11-27-6-5-22(17)28-18/h1-6,9-11,15,19,28H,7-8,12-14H2. The molecule has 1 fully saturated rings. The largest absolute Gasteiger partial charge is 0.357 e. The van der Waals surface area contributed by atoms with Crippen molar-refractivity contribution in [3.63, 3.8) is 0 Å². The number of aromatic nitrogens is 2. The van der Waals surface area contributed by atoms with Crippen LogP contribution in [-0.2, 0) is 17.9 Å². The Labute approximate surface area is 194 Å². The molecule has 3 aromatic heterocycles. The van der Waals surface area contributed by atoms with E-state index in [1.54, 1.807) is 12.3 Å². The lowest BCUT2D eigenvalue weighted by Crippen LogP contribution is -2.53. The van der Waals surface area contributed by atoms with Crippen molar-refractivity contribution in [3.8, 4) is 10.4 Å². The number of aldehydes is 1. The van der Waals surface area contributed by atoms with Gasteiger partial charge < -0.3 is 9.78 Å². The van der Waals surface area contributed by atoms with Crippen LogP contribution in [0, 0.1) is 5.82 Å². The summed E-state index contributed by atoms with van der Waals surface area (Å²) in [5, 5.41) is 1.07. The molecular formula is C24H22ClFN4OS. The summed E-state index contributed by atoms with van der Waals surface area (Å²) in [5.41, 5.74) is 3.71. The van der Waals surface area contributed by atoms with Crippen LogP contribution in [0.25, 0.3) is 21.3 Å². The van der Waals surface area contributed by atoms with E-state index in [9.17, 15) is 9.18 Å². The lowest BCUT2D eigenvalue weighted by Gasteiger charge is -2.38. The third-order valence-electron chi connectivity index (χ3n) is 5.90. The van der Waals surface area contributed by atoms with Crippen LogP contribution in [0.3, 0.4) is 0 Å². The van der Waals surface area contributed by atoms with Crippen molar-refractivity contribution in [1.29, 1.82) is 0 Å². The van der Waals surface area contributed by atoms with Crippen LogP contribution in [0.2, 0.25) is 4.34 Å². The maximum Gasteiger partial charge on any atom is 0.138 e. The molecule has 0 saturated carbocycles. The minimum absolute atomic E-state index is 0.190. The number of hydrogen-bond donors (Lipinski definition) is 1. The summed E-state index contributed by atoms with van der Waals surface area (Å²) >= 11 is 7.40. The van der Waals surface area contributed by atoms with Crippen molar-refractivity contribution in [2.24, 2.45) is 0 Å². The van der Waals surface area contributed by atoms with Gasteiger partial charge >= 0.3 is 0 Å². The fourth-order valence-corrected chi connectivity index (χ4v) is 5.35.